The zero-order valence-electron chi connectivity index (χ0n) is 7.01. The molecular weight excluding hydrogens is 234 g/mol. The van der Waals surface area contributed by atoms with Crippen LogP contribution >= 0.6 is 27.3 Å². The van der Waals surface area contributed by atoms with E-state index in [0.29, 0.717) is 11.3 Å². The molecule has 0 aromatic carbocycles. The van der Waals surface area contributed by atoms with Crippen molar-refractivity contribution in [3.05, 3.63) is 20.8 Å². The SMILES string of the molecule is CC1(c2ccc(Br)s2)CC1CN. The van der Waals surface area contributed by atoms with Crippen LogP contribution in [-0.4, -0.2) is 6.54 Å². The fourth-order valence-corrected chi connectivity index (χ4v) is 3.34. The normalized spacial score (nSPS) is 33.8. The molecule has 2 atom stereocenters. The van der Waals surface area contributed by atoms with Crippen molar-refractivity contribution in [2.45, 2.75) is 18.8 Å². The molecule has 0 aliphatic heterocycles. The maximum atomic E-state index is 5.65. The second-order valence-electron chi connectivity index (χ2n) is 3.66. The van der Waals surface area contributed by atoms with E-state index in [2.05, 4.69) is 35.0 Å². The topological polar surface area (TPSA) is 26.0 Å². The molecule has 2 unspecified atom stereocenters. The number of rotatable bonds is 2. The van der Waals surface area contributed by atoms with Crippen LogP contribution < -0.4 is 5.73 Å². The van der Waals surface area contributed by atoms with E-state index in [1.54, 1.807) is 0 Å². The van der Waals surface area contributed by atoms with Crippen LogP contribution in [0.5, 0.6) is 0 Å². The molecule has 1 heterocycles. The standard InChI is InChI=1S/C9H12BrNS/c1-9(4-6(9)5-11)7-2-3-8(10)12-7/h2-3,6H,4-5,11H2,1H3. The lowest BCUT2D eigenvalue weighted by atomic mass is 10.1. The fourth-order valence-electron chi connectivity index (χ4n) is 1.72. The summed E-state index contributed by atoms with van der Waals surface area (Å²) in [5.74, 6) is 0.711. The highest BCUT2D eigenvalue weighted by Crippen LogP contribution is 2.55. The molecule has 1 nitrogen and oxygen atoms in total. The van der Waals surface area contributed by atoms with Gasteiger partial charge >= 0.3 is 0 Å². The van der Waals surface area contributed by atoms with Crippen molar-refractivity contribution in [2.24, 2.45) is 11.7 Å². The Morgan fingerprint density at radius 2 is 2.50 bits per heavy atom. The second kappa shape index (κ2) is 2.82. The molecule has 1 saturated carbocycles. The van der Waals surface area contributed by atoms with E-state index in [9.17, 15) is 0 Å². The van der Waals surface area contributed by atoms with Crippen molar-refractivity contribution in [1.29, 1.82) is 0 Å². The van der Waals surface area contributed by atoms with Crippen LogP contribution in [0.3, 0.4) is 0 Å². The minimum absolute atomic E-state index is 0.394. The Hall–Kier alpha value is 0.140. The van der Waals surface area contributed by atoms with E-state index < -0.39 is 0 Å². The van der Waals surface area contributed by atoms with E-state index in [1.165, 1.54) is 15.1 Å². The number of halogens is 1. The number of thiophene rings is 1. The first-order valence-electron chi connectivity index (χ1n) is 4.12. The summed E-state index contributed by atoms with van der Waals surface area (Å²) in [6.45, 7) is 3.13. The van der Waals surface area contributed by atoms with Crippen LogP contribution in [0.2, 0.25) is 0 Å². The molecule has 0 bridgehead atoms. The van der Waals surface area contributed by atoms with Gasteiger partial charge in [-0.2, -0.15) is 0 Å². The van der Waals surface area contributed by atoms with Crippen LogP contribution in [0.25, 0.3) is 0 Å². The summed E-state index contributed by atoms with van der Waals surface area (Å²) >= 11 is 5.32. The van der Waals surface area contributed by atoms with Gasteiger partial charge in [-0.1, -0.05) is 6.92 Å². The van der Waals surface area contributed by atoms with Crippen molar-refractivity contribution in [2.75, 3.05) is 6.54 Å². The van der Waals surface area contributed by atoms with E-state index >= 15 is 0 Å². The number of hydrogen-bond donors (Lipinski definition) is 1. The number of hydrogen-bond acceptors (Lipinski definition) is 2. The van der Waals surface area contributed by atoms with Crippen molar-refractivity contribution < 1.29 is 0 Å². The van der Waals surface area contributed by atoms with Crippen molar-refractivity contribution in [3.8, 4) is 0 Å². The summed E-state index contributed by atoms with van der Waals surface area (Å²) in [4.78, 5) is 1.48. The first-order valence-corrected chi connectivity index (χ1v) is 5.73. The summed E-state index contributed by atoms with van der Waals surface area (Å²) in [6.07, 6.45) is 1.26. The predicted molar refractivity (Wildman–Crippen MR) is 56.5 cm³/mol. The molecule has 2 rings (SSSR count). The van der Waals surface area contributed by atoms with Gasteiger partial charge in [0.25, 0.3) is 0 Å². The highest BCUT2D eigenvalue weighted by molar-refractivity contribution is 9.11. The minimum Gasteiger partial charge on any atom is -0.330 e. The monoisotopic (exact) mass is 245 g/mol. The van der Waals surface area contributed by atoms with Gasteiger partial charge in [0.2, 0.25) is 0 Å². The van der Waals surface area contributed by atoms with Crippen LogP contribution in [-0.2, 0) is 5.41 Å². The van der Waals surface area contributed by atoms with Crippen molar-refractivity contribution in [3.63, 3.8) is 0 Å². The largest absolute Gasteiger partial charge is 0.330 e. The third kappa shape index (κ3) is 1.24. The molecule has 2 N–H and O–H groups in total. The lowest BCUT2D eigenvalue weighted by Gasteiger charge is -2.06. The lowest BCUT2D eigenvalue weighted by molar-refractivity contribution is 0.678. The van der Waals surface area contributed by atoms with E-state index in [4.69, 9.17) is 5.73 Å². The third-order valence-electron chi connectivity index (χ3n) is 2.83. The van der Waals surface area contributed by atoms with Gasteiger partial charge in [-0.3, -0.25) is 0 Å². The van der Waals surface area contributed by atoms with Gasteiger partial charge in [0.15, 0.2) is 0 Å². The van der Waals surface area contributed by atoms with Gasteiger partial charge < -0.3 is 5.73 Å². The molecule has 3 heteroatoms. The molecule has 0 spiro atoms. The first kappa shape index (κ1) is 8.73. The Morgan fingerprint density at radius 1 is 1.75 bits per heavy atom. The highest BCUT2D eigenvalue weighted by atomic mass is 79.9. The molecule has 0 saturated heterocycles. The molecule has 0 amide bonds. The highest BCUT2D eigenvalue weighted by Gasteiger charge is 2.50. The summed E-state index contributed by atoms with van der Waals surface area (Å²) in [5.41, 5.74) is 6.04. The Morgan fingerprint density at radius 3 is 2.92 bits per heavy atom. The zero-order valence-corrected chi connectivity index (χ0v) is 9.41. The van der Waals surface area contributed by atoms with Gasteiger partial charge in [0.05, 0.1) is 3.79 Å². The van der Waals surface area contributed by atoms with Crippen molar-refractivity contribution >= 4 is 27.3 Å². The quantitative estimate of drug-likeness (QED) is 0.853. The van der Waals surface area contributed by atoms with Crippen LogP contribution in [0, 0.1) is 5.92 Å². The molecule has 1 aliphatic carbocycles. The van der Waals surface area contributed by atoms with Gasteiger partial charge in [-0.05, 0) is 46.9 Å². The summed E-state index contributed by atoms with van der Waals surface area (Å²) in [7, 11) is 0. The molecule has 1 aliphatic rings. The third-order valence-corrected chi connectivity index (χ3v) is 4.74. The van der Waals surface area contributed by atoms with Crippen LogP contribution in [0.15, 0.2) is 15.9 Å². The Balaban J connectivity index is 2.22. The number of nitrogens with two attached hydrogens (primary N) is 1. The van der Waals surface area contributed by atoms with Gasteiger partial charge in [-0.15, -0.1) is 11.3 Å². The smallest absolute Gasteiger partial charge is 0.0701 e. The van der Waals surface area contributed by atoms with Gasteiger partial charge in [0, 0.05) is 10.3 Å². The summed E-state index contributed by atoms with van der Waals surface area (Å²) < 4.78 is 1.22. The lowest BCUT2D eigenvalue weighted by Crippen LogP contribution is -2.10. The Labute approximate surface area is 85.1 Å². The Kier molecular flexibility index (Phi) is 2.05. The molecule has 1 aromatic heterocycles. The molecule has 0 radical (unpaired) electrons. The van der Waals surface area contributed by atoms with Crippen molar-refractivity contribution in [1.82, 2.24) is 0 Å². The fraction of sp³-hybridized carbons (Fsp3) is 0.556. The van der Waals surface area contributed by atoms with E-state index in [-0.39, 0.29) is 0 Å². The average molecular weight is 246 g/mol. The maximum absolute atomic E-state index is 5.65. The van der Waals surface area contributed by atoms with E-state index in [0.717, 1.165) is 6.54 Å². The first-order chi connectivity index (χ1) is 5.66. The Bertz CT molecular complexity index is 296. The summed E-state index contributed by atoms with van der Waals surface area (Å²) in [5, 5.41) is 0. The van der Waals surface area contributed by atoms with Gasteiger partial charge in [0.1, 0.15) is 0 Å². The molecule has 66 valence electrons. The van der Waals surface area contributed by atoms with Crippen LogP contribution in [0.1, 0.15) is 18.2 Å². The average Bonchev–Trinajstić information content (AvgIpc) is 2.50. The second-order valence-corrected chi connectivity index (χ2v) is 6.12. The molecule has 1 aromatic rings. The van der Waals surface area contributed by atoms with Gasteiger partial charge in [-0.25, -0.2) is 0 Å². The molecular formula is C9H12BrNS. The molecule has 12 heavy (non-hydrogen) atoms. The minimum atomic E-state index is 0.394. The predicted octanol–water partition coefficient (Wildman–Crippen LogP) is 2.75. The summed E-state index contributed by atoms with van der Waals surface area (Å²) in [6, 6.07) is 4.33. The molecule has 1 fully saturated rings. The zero-order chi connectivity index (χ0) is 8.77. The maximum Gasteiger partial charge on any atom is 0.0701 e. The van der Waals surface area contributed by atoms with Crippen LogP contribution in [0.4, 0.5) is 0 Å². The van der Waals surface area contributed by atoms with E-state index in [1.807, 2.05) is 11.3 Å².